The third-order valence-corrected chi connectivity index (χ3v) is 6.73. The summed E-state index contributed by atoms with van der Waals surface area (Å²) >= 11 is 2.64. The summed E-state index contributed by atoms with van der Waals surface area (Å²) in [4.78, 5) is 28.4. The highest BCUT2D eigenvalue weighted by atomic mass is 127. The van der Waals surface area contributed by atoms with Gasteiger partial charge in [-0.3, -0.25) is 14.6 Å². The normalized spacial score (nSPS) is 12.4. The SMILES string of the molecule is NC(=O)c1cccnc1-c1cccc(C(=O)Nc2c(I)cc(C(F)(C(F)(F)F)C(F)(F)F)cc2I)c1F. The van der Waals surface area contributed by atoms with Crippen LogP contribution in [0, 0.1) is 13.0 Å². The molecular weight excluding hydrogens is 744 g/mol. The second kappa shape index (κ2) is 10.3. The van der Waals surface area contributed by atoms with E-state index in [0.717, 1.165) is 6.07 Å². The first kappa shape index (κ1) is 29.0. The highest BCUT2D eigenvalue weighted by molar-refractivity contribution is 14.1. The quantitative estimate of drug-likeness (QED) is 0.224. The van der Waals surface area contributed by atoms with Gasteiger partial charge in [-0.2, -0.15) is 26.3 Å². The van der Waals surface area contributed by atoms with Crippen molar-refractivity contribution in [3.8, 4) is 11.3 Å². The highest BCUT2D eigenvalue weighted by Crippen LogP contribution is 2.54. The van der Waals surface area contributed by atoms with Gasteiger partial charge in [0.1, 0.15) is 5.82 Å². The Morgan fingerprint density at radius 3 is 1.92 bits per heavy atom. The van der Waals surface area contributed by atoms with Crippen molar-refractivity contribution >= 4 is 62.7 Å². The molecule has 2 aromatic carbocycles. The van der Waals surface area contributed by atoms with Gasteiger partial charge in [-0.05, 0) is 81.6 Å². The Morgan fingerprint density at radius 1 is 0.865 bits per heavy atom. The zero-order valence-corrected chi connectivity index (χ0v) is 22.1. The van der Waals surface area contributed by atoms with Crippen molar-refractivity contribution in [3.63, 3.8) is 0 Å². The number of hydrogen-bond acceptors (Lipinski definition) is 3. The van der Waals surface area contributed by atoms with Gasteiger partial charge in [-0.25, -0.2) is 8.78 Å². The van der Waals surface area contributed by atoms with Crippen LogP contribution < -0.4 is 11.1 Å². The molecule has 196 valence electrons. The summed E-state index contributed by atoms with van der Waals surface area (Å²) in [7, 11) is 0. The standard InChI is InChI=1S/C22H11F8I2N3O2/c23-15-10(16-12(18(33)36)5-2-6-34-16)3-1-4-11(15)19(37)35-17-13(31)7-9(8-14(17)32)20(24,21(25,26)27)22(28,29)30/h1-8H,(H2,33,36)(H,35,37). The maximum Gasteiger partial charge on any atom is 0.435 e. The fourth-order valence-electron chi connectivity index (χ4n) is 3.27. The molecule has 0 aliphatic heterocycles. The Balaban J connectivity index is 2.04. The summed E-state index contributed by atoms with van der Waals surface area (Å²) < 4.78 is 108. The van der Waals surface area contributed by atoms with E-state index in [9.17, 15) is 40.3 Å². The van der Waals surface area contributed by atoms with Gasteiger partial charge in [0, 0.05) is 24.5 Å². The van der Waals surface area contributed by atoms with Gasteiger partial charge in [0.25, 0.3) is 11.8 Å². The van der Waals surface area contributed by atoms with E-state index in [4.69, 9.17) is 5.73 Å². The van der Waals surface area contributed by atoms with Crippen molar-refractivity contribution in [2.75, 3.05) is 5.32 Å². The number of benzene rings is 2. The third-order valence-electron chi connectivity index (χ3n) is 5.03. The average molecular weight is 755 g/mol. The summed E-state index contributed by atoms with van der Waals surface area (Å²) in [5.74, 6) is -3.17. The van der Waals surface area contributed by atoms with E-state index in [1.165, 1.54) is 75.6 Å². The zero-order chi connectivity index (χ0) is 27.9. The van der Waals surface area contributed by atoms with Crippen molar-refractivity contribution < 1.29 is 44.7 Å². The minimum Gasteiger partial charge on any atom is -0.366 e. The van der Waals surface area contributed by atoms with Crippen molar-refractivity contribution in [1.29, 1.82) is 0 Å². The van der Waals surface area contributed by atoms with Gasteiger partial charge in [0.15, 0.2) is 0 Å². The van der Waals surface area contributed by atoms with Crippen LogP contribution in [-0.2, 0) is 5.67 Å². The molecule has 0 aliphatic rings. The molecule has 0 spiro atoms. The molecule has 0 saturated carbocycles. The number of aromatic nitrogens is 1. The van der Waals surface area contributed by atoms with Crippen LogP contribution in [0.25, 0.3) is 11.3 Å². The lowest BCUT2D eigenvalue weighted by Gasteiger charge is -2.31. The van der Waals surface area contributed by atoms with Crippen LogP contribution in [0.3, 0.4) is 0 Å². The second-order valence-corrected chi connectivity index (χ2v) is 9.68. The number of amides is 2. The number of anilines is 1. The topological polar surface area (TPSA) is 85.1 Å². The number of hydrogen-bond donors (Lipinski definition) is 2. The monoisotopic (exact) mass is 755 g/mol. The molecule has 0 aliphatic carbocycles. The average Bonchev–Trinajstić information content (AvgIpc) is 2.79. The third kappa shape index (κ3) is 5.37. The first-order valence-electron chi connectivity index (χ1n) is 9.67. The molecule has 0 saturated heterocycles. The van der Waals surface area contributed by atoms with Gasteiger partial charge in [-0.15, -0.1) is 0 Å². The lowest BCUT2D eigenvalue weighted by molar-refractivity contribution is -0.348. The fourth-order valence-corrected chi connectivity index (χ4v) is 5.31. The molecule has 1 heterocycles. The molecule has 5 nitrogen and oxygen atoms in total. The Morgan fingerprint density at radius 2 is 1.41 bits per heavy atom. The number of halogens is 10. The van der Waals surface area contributed by atoms with Gasteiger partial charge < -0.3 is 11.1 Å². The van der Waals surface area contributed by atoms with Crippen LogP contribution in [0.1, 0.15) is 26.3 Å². The van der Waals surface area contributed by atoms with Gasteiger partial charge in [-0.1, -0.05) is 6.07 Å². The maximum atomic E-state index is 15.3. The molecule has 1 aromatic heterocycles. The Hall–Kier alpha value is -2.57. The molecule has 37 heavy (non-hydrogen) atoms. The van der Waals surface area contributed by atoms with E-state index in [-0.39, 0.29) is 29.6 Å². The first-order chi connectivity index (χ1) is 17.0. The summed E-state index contributed by atoms with van der Waals surface area (Å²) in [5, 5.41) is 2.22. The van der Waals surface area contributed by atoms with E-state index in [0.29, 0.717) is 12.1 Å². The lowest BCUT2D eigenvalue weighted by atomic mass is 9.94. The highest BCUT2D eigenvalue weighted by Gasteiger charge is 2.73. The summed E-state index contributed by atoms with van der Waals surface area (Å²) in [6.45, 7) is 0. The van der Waals surface area contributed by atoms with Crippen molar-refractivity contribution in [3.05, 3.63) is 78.3 Å². The van der Waals surface area contributed by atoms with Crippen LogP contribution in [0.4, 0.5) is 40.8 Å². The van der Waals surface area contributed by atoms with Crippen LogP contribution in [0.15, 0.2) is 48.7 Å². The number of rotatable bonds is 5. The van der Waals surface area contributed by atoms with Gasteiger partial charge in [0.05, 0.1) is 22.5 Å². The molecular formula is C22H11F8I2N3O2. The molecule has 2 amide bonds. The molecule has 0 atom stereocenters. The van der Waals surface area contributed by atoms with Crippen molar-refractivity contribution in [2.45, 2.75) is 18.0 Å². The van der Waals surface area contributed by atoms with Crippen molar-refractivity contribution in [2.24, 2.45) is 5.73 Å². The number of carbonyl (C=O) groups excluding carboxylic acids is 2. The van der Waals surface area contributed by atoms with Gasteiger partial charge in [0.2, 0.25) is 0 Å². The number of alkyl halides is 7. The predicted octanol–water partition coefficient (Wildman–Crippen LogP) is 6.74. The number of nitrogens with zero attached hydrogens (tertiary/aromatic N) is 1. The second-order valence-electron chi connectivity index (χ2n) is 7.35. The number of carbonyl (C=O) groups is 2. The number of pyridine rings is 1. The predicted molar refractivity (Wildman–Crippen MR) is 133 cm³/mol. The Labute approximate surface area is 230 Å². The molecule has 0 unspecified atom stereocenters. The number of nitrogens with two attached hydrogens (primary N) is 1. The smallest absolute Gasteiger partial charge is 0.366 e. The van der Waals surface area contributed by atoms with Crippen LogP contribution in [-0.4, -0.2) is 29.2 Å². The van der Waals surface area contributed by atoms with E-state index >= 15 is 4.39 Å². The minimum atomic E-state index is -6.32. The Bertz CT molecular complexity index is 1360. The van der Waals surface area contributed by atoms with Crippen LogP contribution >= 0.6 is 45.2 Å². The van der Waals surface area contributed by atoms with Crippen LogP contribution in [0.5, 0.6) is 0 Å². The first-order valence-corrected chi connectivity index (χ1v) is 11.8. The summed E-state index contributed by atoms with van der Waals surface area (Å²) in [6.07, 6.45) is -11.4. The van der Waals surface area contributed by atoms with E-state index in [2.05, 4.69) is 10.3 Å². The lowest BCUT2D eigenvalue weighted by Crippen LogP contribution is -2.50. The van der Waals surface area contributed by atoms with Crippen molar-refractivity contribution in [1.82, 2.24) is 4.98 Å². The van der Waals surface area contributed by atoms with E-state index in [1.54, 1.807) is 0 Å². The largest absolute Gasteiger partial charge is 0.435 e. The molecule has 15 heteroatoms. The maximum absolute atomic E-state index is 15.3. The van der Waals surface area contributed by atoms with E-state index in [1.807, 2.05) is 0 Å². The zero-order valence-electron chi connectivity index (χ0n) is 17.7. The van der Waals surface area contributed by atoms with Crippen LogP contribution in [0.2, 0.25) is 0 Å². The molecule has 0 bridgehead atoms. The fraction of sp³-hybridized carbons (Fsp3) is 0.136. The molecule has 3 aromatic rings. The Kier molecular flexibility index (Phi) is 8.07. The number of nitrogens with one attached hydrogen (secondary N) is 1. The van der Waals surface area contributed by atoms with E-state index < -0.39 is 46.8 Å². The molecule has 0 radical (unpaired) electrons. The number of primary amides is 1. The van der Waals surface area contributed by atoms with Gasteiger partial charge >= 0.3 is 18.0 Å². The summed E-state index contributed by atoms with van der Waals surface area (Å²) in [6, 6.07) is 6.78. The molecule has 3 N–H and O–H groups in total. The molecule has 3 rings (SSSR count). The molecule has 0 fully saturated rings. The summed E-state index contributed by atoms with van der Waals surface area (Å²) in [5.41, 5.74) is -3.53. The minimum absolute atomic E-state index is 0.136.